The monoisotopic (exact) mass is 269 g/mol. The van der Waals surface area contributed by atoms with Crippen molar-refractivity contribution in [2.24, 2.45) is 0 Å². The Kier molecular flexibility index (Phi) is 4.29. The van der Waals surface area contributed by atoms with Crippen molar-refractivity contribution in [1.29, 1.82) is 0 Å². The summed E-state index contributed by atoms with van der Waals surface area (Å²) in [5, 5.41) is 0. The fourth-order valence-electron chi connectivity index (χ4n) is 1.32. The van der Waals surface area contributed by atoms with E-state index < -0.39 is 0 Å². The summed E-state index contributed by atoms with van der Waals surface area (Å²) in [5.74, 6) is 0. The van der Waals surface area contributed by atoms with Crippen molar-refractivity contribution in [1.82, 2.24) is 0 Å². The number of thiazole rings is 1. The summed E-state index contributed by atoms with van der Waals surface area (Å²) in [7, 11) is 0. The summed E-state index contributed by atoms with van der Waals surface area (Å²) in [5.41, 5.74) is 3.51. The molecular formula is C11H12BrNS. The second-order valence-corrected chi connectivity index (χ2v) is 4.21. The Morgan fingerprint density at radius 3 is 2.50 bits per heavy atom. The van der Waals surface area contributed by atoms with E-state index in [-0.39, 0.29) is 17.0 Å². The Labute approximate surface area is 98.8 Å². The average molecular weight is 270 g/mol. The highest BCUT2D eigenvalue weighted by Crippen LogP contribution is 2.03. The summed E-state index contributed by atoms with van der Waals surface area (Å²) in [6.45, 7) is 3.11. The third-order valence-electron chi connectivity index (χ3n) is 1.93. The zero-order valence-electron chi connectivity index (χ0n) is 7.98. The molecular weight excluding hydrogens is 258 g/mol. The van der Waals surface area contributed by atoms with E-state index in [4.69, 9.17) is 0 Å². The number of hydrogen-bond donors (Lipinski definition) is 0. The van der Waals surface area contributed by atoms with E-state index in [9.17, 15) is 0 Å². The fraction of sp³-hybridized carbons (Fsp3) is 0.182. The largest absolute Gasteiger partial charge is 1.00 e. The van der Waals surface area contributed by atoms with E-state index in [1.54, 1.807) is 11.3 Å². The lowest BCUT2D eigenvalue weighted by atomic mass is 10.2. The van der Waals surface area contributed by atoms with Gasteiger partial charge in [-0.3, -0.25) is 0 Å². The van der Waals surface area contributed by atoms with E-state index in [1.165, 1.54) is 10.4 Å². The molecule has 0 N–H and O–H groups in total. The van der Waals surface area contributed by atoms with Gasteiger partial charge in [0.05, 0.1) is 4.88 Å². The van der Waals surface area contributed by atoms with Crippen molar-refractivity contribution in [3.8, 4) is 0 Å². The zero-order chi connectivity index (χ0) is 9.10. The quantitative estimate of drug-likeness (QED) is 0.641. The van der Waals surface area contributed by atoms with Gasteiger partial charge in [-0.2, -0.15) is 4.57 Å². The first-order chi connectivity index (χ1) is 6.34. The lowest BCUT2D eigenvalue weighted by Gasteiger charge is -1.92. The van der Waals surface area contributed by atoms with Gasteiger partial charge < -0.3 is 17.0 Å². The molecule has 1 heterocycles. The molecule has 14 heavy (non-hydrogen) atoms. The van der Waals surface area contributed by atoms with Crippen LogP contribution in [0.25, 0.3) is 0 Å². The second-order valence-electron chi connectivity index (χ2n) is 3.12. The standard InChI is InChI=1S/C11H12NS.BrH/c1-10-7-12(9-13-10)8-11-5-3-2-4-6-11;/h2-7,9H,8H2,1H3;1H/q+1;/p-1. The Morgan fingerprint density at radius 1 is 1.21 bits per heavy atom. The van der Waals surface area contributed by atoms with Gasteiger partial charge in [0.15, 0.2) is 12.7 Å². The Hall–Kier alpha value is -0.670. The summed E-state index contributed by atoms with van der Waals surface area (Å²) in [4.78, 5) is 1.36. The van der Waals surface area contributed by atoms with Gasteiger partial charge in [0, 0.05) is 5.56 Å². The number of halogens is 1. The molecule has 1 nitrogen and oxygen atoms in total. The van der Waals surface area contributed by atoms with E-state index >= 15 is 0 Å². The molecule has 74 valence electrons. The molecule has 2 aromatic rings. The molecule has 0 aliphatic rings. The van der Waals surface area contributed by atoms with Crippen LogP contribution in [0.15, 0.2) is 42.0 Å². The van der Waals surface area contributed by atoms with E-state index in [0.29, 0.717) is 0 Å². The zero-order valence-corrected chi connectivity index (χ0v) is 10.4. The van der Waals surface area contributed by atoms with Crippen molar-refractivity contribution in [3.05, 3.63) is 52.5 Å². The smallest absolute Gasteiger partial charge is 0.225 e. The minimum absolute atomic E-state index is 0. The van der Waals surface area contributed by atoms with Crippen LogP contribution >= 0.6 is 11.3 Å². The van der Waals surface area contributed by atoms with Crippen molar-refractivity contribution >= 4 is 11.3 Å². The van der Waals surface area contributed by atoms with Gasteiger partial charge in [-0.1, -0.05) is 41.7 Å². The first-order valence-electron chi connectivity index (χ1n) is 4.33. The maximum Gasteiger partial charge on any atom is 0.225 e. The highest BCUT2D eigenvalue weighted by molar-refractivity contribution is 7.09. The molecule has 1 aromatic carbocycles. The third kappa shape index (κ3) is 2.93. The maximum absolute atomic E-state index is 2.22. The number of aromatic nitrogens is 1. The van der Waals surface area contributed by atoms with Crippen LogP contribution in [-0.2, 0) is 6.54 Å². The van der Waals surface area contributed by atoms with E-state index in [0.717, 1.165) is 6.54 Å². The minimum atomic E-state index is 0. The normalized spacial score (nSPS) is 9.50. The van der Waals surface area contributed by atoms with Crippen LogP contribution in [0.2, 0.25) is 0 Å². The van der Waals surface area contributed by atoms with Crippen molar-refractivity contribution in [3.63, 3.8) is 0 Å². The second kappa shape index (κ2) is 5.27. The highest BCUT2D eigenvalue weighted by Gasteiger charge is 2.03. The SMILES string of the molecule is Cc1c[n+](Cc2ccccc2)cs1.[Br-]. The Bertz CT molecular complexity index is 383. The fourth-order valence-corrected chi connectivity index (χ4v) is 1.96. The molecule has 1 aromatic heterocycles. The molecule has 3 heteroatoms. The van der Waals surface area contributed by atoms with Crippen molar-refractivity contribution < 1.29 is 21.5 Å². The van der Waals surface area contributed by atoms with Gasteiger partial charge in [0.1, 0.15) is 0 Å². The molecule has 0 bridgehead atoms. The maximum atomic E-state index is 2.22. The van der Waals surface area contributed by atoms with Crippen LogP contribution in [0, 0.1) is 6.92 Å². The predicted octanol–water partition coefficient (Wildman–Crippen LogP) is -0.604. The molecule has 0 saturated heterocycles. The number of benzene rings is 1. The van der Waals surface area contributed by atoms with E-state index in [1.807, 2.05) is 6.07 Å². The number of aryl methyl sites for hydroxylation is 1. The lowest BCUT2D eigenvalue weighted by Crippen LogP contribution is -3.00. The van der Waals surface area contributed by atoms with Gasteiger partial charge in [-0.05, 0) is 6.92 Å². The number of rotatable bonds is 2. The van der Waals surface area contributed by atoms with Crippen LogP contribution < -0.4 is 21.5 Å². The summed E-state index contributed by atoms with van der Waals surface area (Å²) in [6, 6.07) is 10.5. The summed E-state index contributed by atoms with van der Waals surface area (Å²) < 4.78 is 2.22. The van der Waals surface area contributed by atoms with Crippen molar-refractivity contribution in [2.75, 3.05) is 0 Å². The van der Waals surface area contributed by atoms with Crippen LogP contribution in [0.1, 0.15) is 10.4 Å². The predicted molar refractivity (Wildman–Crippen MR) is 54.8 cm³/mol. The van der Waals surface area contributed by atoms with Crippen LogP contribution in [0.3, 0.4) is 0 Å². The first-order valence-corrected chi connectivity index (χ1v) is 5.21. The van der Waals surface area contributed by atoms with Gasteiger partial charge in [0.25, 0.3) is 0 Å². The number of nitrogens with zero attached hydrogens (tertiary/aromatic N) is 1. The van der Waals surface area contributed by atoms with Crippen LogP contribution in [0.4, 0.5) is 0 Å². The summed E-state index contributed by atoms with van der Waals surface area (Å²) in [6.07, 6.45) is 2.18. The molecule has 0 saturated carbocycles. The highest BCUT2D eigenvalue weighted by atomic mass is 79.9. The molecule has 0 aliphatic heterocycles. The van der Waals surface area contributed by atoms with E-state index in [2.05, 4.69) is 47.5 Å². The van der Waals surface area contributed by atoms with Crippen LogP contribution in [0.5, 0.6) is 0 Å². The number of hydrogen-bond acceptors (Lipinski definition) is 1. The van der Waals surface area contributed by atoms with Gasteiger partial charge in [0.2, 0.25) is 5.51 Å². The van der Waals surface area contributed by atoms with Gasteiger partial charge >= 0.3 is 0 Å². The minimum Gasteiger partial charge on any atom is -1.00 e. The molecule has 0 atom stereocenters. The van der Waals surface area contributed by atoms with Gasteiger partial charge in [-0.25, -0.2) is 0 Å². The Balaban J connectivity index is 0.000000980. The third-order valence-corrected chi connectivity index (χ3v) is 2.78. The molecule has 0 fully saturated rings. The molecule has 0 amide bonds. The van der Waals surface area contributed by atoms with Crippen LogP contribution in [-0.4, -0.2) is 0 Å². The lowest BCUT2D eigenvalue weighted by molar-refractivity contribution is -0.683. The van der Waals surface area contributed by atoms with Gasteiger partial charge in [-0.15, -0.1) is 0 Å². The summed E-state index contributed by atoms with van der Waals surface area (Å²) >= 11 is 1.79. The average Bonchev–Trinajstić information content (AvgIpc) is 2.53. The molecule has 2 rings (SSSR count). The van der Waals surface area contributed by atoms with Crippen molar-refractivity contribution in [2.45, 2.75) is 13.5 Å². The topological polar surface area (TPSA) is 3.88 Å². The Morgan fingerprint density at radius 2 is 1.93 bits per heavy atom. The molecule has 0 spiro atoms. The first kappa shape index (κ1) is 11.4. The molecule has 0 radical (unpaired) electrons. The molecule has 0 unspecified atom stereocenters. The molecule has 0 aliphatic carbocycles.